The van der Waals surface area contributed by atoms with Crippen LogP contribution < -0.4 is 9.80 Å². The van der Waals surface area contributed by atoms with E-state index in [1.165, 1.54) is 18.9 Å². The van der Waals surface area contributed by atoms with E-state index in [9.17, 15) is 18.0 Å². The smallest absolute Gasteiger partial charge is 0.356 e. The van der Waals surface area contributed by atoms with Gasteiger partial charge in [0.25, 0.3) is 0 Å². The second-order valence-electron chi connectivity index (χ2n) is 8.10. The van der Waals surface area contributed by atoms with Gasteiger partial charge in [-0.25, -0.2) is 4.98 Å². The number of carbonyl (C=O) groups is 1. The van der Waals surface area contributed by atoms with E-state index in [0.29, 0.717) is 37.7 Å². The molecule has 2 aliphatic heterocycles. The maximum Gasteiger partial charge on any atom is 0.416 e. The lowest BCUT2D eigenvalue weighted by Crippen LogP contribution is -2.49. The van der Waals surface area contributed by atoms with Crippen molar-refractivity contribution in [3.8, 4) is 0 Å². The average Bonchev–Trinajstić information content (AvgIpc) is 3.28. The van der Waals surface area contributed by atoms with Gasteiger partial charge < -0.3 is 14.7 Å². The Morgan fingerprint density at radius 1 is 0.968 bits per heavy atom. The second kappa shape index (κ2) is 8.72. The highest BCUT2D eigenvalue weighted by Gasteiger charge is 2.31. The first-order valence-electron chi connectivity index (χ1n) is 10.6. The summed E-state index contributed by atoms with van der Waals surface area (Å²) in [6.07, 6.45) is -2.10. The molecule has 1 aromatic carbocycles. The average molecular weight is 433 g/mol. The van der Waals surface area contributed by atoms with Gasteiger partial charge in [0.1, 0.15) is 5.82 Å². The van der Waals surface area contributed by atoms with Gasteiger partial charge >= 0.3 is 6.18 Å². The lowest BCUT2D eigenvalue weighted by Gasteiger charge is -2.35. The molecule has 2 saturated heterocycles. The molecular weight excluding hydrogens is 407 g/mol. The molecule has 2 aliphatic rings. The zero-order valence-corrected chi connectivity index (χ0v) is 17.5. The summed E-state index contributed by atoms with van der Waals surface area (Å²) < 4.78 is 38.7. The van der Waals surface area contributed by atoms with Gasteiger partial charge in [-0.3, -0.25) is 4.79 Å². The van der Waals surface area contributed by atoms with Gasteiger partial charge in [-0.2, -0.15) is 18.2 Å². The van der Waals surface area contributed by atoms with E-state index in [4.69, 9.17) is 4.98 Å². The van der Waals surface area contributed by atoms with Crippen LogP contribution in [0.2, 0.25) is 0 Å². The number of aryl methyl sites for hydroxylation is 1. The monoisotopic (exact) mass is 433 g/mol. The molecule has 9 heteroatoms. The highest BCUT2D eigenvalue weighted by molar-refractivity contribution is 5.79. The molecule has 0 atom stereocenters. The fourth-order valence-electron chi connectivity index (χ4n) is 4.09. The van der Waals surface area contributed by atoms with Crippen molar-refractivity contribution in [2.24, 2.45) is 0 Å². The zero-order valence-electron chi connectivity index (χ0n) is 17.5. The maximum atomic E-state index is 12.9. The van der Waals surface area contributed by atoms with Crippen LogP contribution in [0, 0.1) is 6.92 Å². The molecule has 0 saturated carbocycles. The summed E-state index contributed by atoms with van der Waals surface area (Å²) >= 11 is 0. The number of hydrogen-bond acceptors (Lipinski definition) is 5. The number of carbonyl (C=O) groups excluding carboxylic acids is 1. The Kier molecular flexibility index (Phi) is 6.02. The third kappa shape index (κ3) is 5.08. The van der Waals surface area contributed by atoms with Gasteiger partial charge in [-0.1, -0.05) is 18.2 Å². The number of piperazine rings is 1. The van der Waals surface area contributed by atoms with Crippen molar-refractivity contribution in [3.05, 3.63) is 47.2 Å². The van der Waals surface area contributed by atoms with Crippen LogP contribution >= 0.6 is 0 Å². The van der Waals surface area contributed by atoms with Crippen LogP contribution in [0.3, 0.4) is 0 Å². The first-order valence-corrected chi connectivity index (χ1v) is 10.6. The molecule has 0 N–H and O–H groups in total. The fraction of sp³-hybridized carbons (Fsp3) is 0.500. The van der Waals surface area contributed by atoms with Crippen molar-refractivity contribution < 1.29 is 18.0 Å². The largest absolute Gasteiger partial charge is 0.416 e. The molecule has 31 heavy (non-hydrogen) atoms. The first-order chi connectivity index (χ1) is 14.8. The van der Waals surface area contributed by atoms with E-state index >= 15 is 0 Å². The van der Waals surface area contributed by atoms with Gasteiger partial charge in [-0.15, -0.1) is 0 Å². The van der Waals surface area contributed by atoms with Crippen molar-refractivity contribution in [3.63, 3.8) is 0 Å². The molecule has 2 aromatic rings. The molecule has 2 fully saturated rings. The number of aromatic nitrogens is 2. The molecule has 1 amide bonds. The Labute approximate surface area is 179 Å². The van der Waals surface area contributed by atoms with E-state index in [2.05, 4.69) is 14.8 Å². The number of rotatable bonds is 4. The molecule has 0 aliphatic carbocycles. The van der Waals surface area contributed by atoms with Crippen molar-refractivity contribution in [2.45, 2.75) is 32.4 Å². The lowest BCUT2D eigenvalue weighted by atomic mass is 10.1. The van der Waals surface area contributed by atoms with Crippen molar-refractivity contribution in [1.82, 2.24) is 14.9 Å². The predicted octanol–water partition coefficient (Wildman–Crippen LogP) is 3.30. The quantitative estimate of drug-likeness (QED) is 0.741. The molecular formula is C22H26F3N5O. The van der Waals surface area contributed by atoms with Crippen LogP contribution in [0.15, 0.2) is 30.3 Å². The molecule has 0 radical (unpaired) electrons. The number of amides is 1. The Balaban J connectivity index is 1.37. The van der Waals surface area contributed by atoms with Gasteiger partial charge in [0.15, 0.2) is 0 Å². The van der Waals surface area contributed by atoms with E-state index < -0.39 is 11.7 Å². The van der Waals surface area contributed by atoms with Crippen LogP contribution in [0.4, 0.5) is 24.9 Å². The third-order valence-electron chi connectivity index (χ3n) is 5.78. The Hall–Kier alpha value is -2.84. The summed E-state index contributed by atoms with van der Waals surface area (Å²) in [4.78, 5) is 28.0. The first kappa shape index (κ1) is 21.4. The summed E-state index contributed by atoms with van der Waals surface area (Å²) in [6, 6.07) is 6.98. The number of halogens is 3. The summed E-state index contributed by atoms with van der Waals surface area (Å²) in [6.45, 7) is 6.15. The van der Waals surface area contributed by atoms with Crippen LogP contribution in [0.1, 0.15) is 29.7 Å². The van der Waals surface area contributed by atoms with Gasteiger partial charge in [0, 0.05) is 51.0 Å². The van der Waals surface area contributed by atoms with Gasteiger partial charge in [0.2, 0.25) is 11.9 Å². The number of nitrogens with zero attached hydrogens (tertiary/aromatic N) is 5. The molecule has 0 bridgehead atoms. The summed E-state index contributed by atoms with van der Waals surface area (Å²) in [5.74, 6) is 1.46. The minimum Gasteiger partial charge on any atom is -0.356 e. The van der Waals surface area contributed by atoms with Crippen molar-refractivity contribution in [2.75, 3.05) is 49.1 Å². The Morgan fingerprint density at radius 3 is 2.35 bits per heavy atom. The Morgan fingerprint density at radius 2 is 1.68 bits per heavy atom. The zero-order chi connectivity index (χ0) is 22.0. The highest BCUT2D eigenvalue weighted by Crippen LogP contribution is 2.29. The molecule has 1 aromatic heterocycles. The van der Waals surface area contributed by atoms with Gasteiger partial charge in [-0.05, 0) is 31.4 Å². The lowest BCUT2D eigenvalue weighted by molar-refractivity contribution is -0.138. The van der Waals surface area contributed by atoms with Crippen molar-refractivity contribution >= 4 is 17.7 Å². The van der Waals surface area contributed by atoms with E-state index in [-0.39, 0.29) is 12.3 Å². The topological polar surface area (TPSA) is 52.6 Å². The third-order valence-corrected chi connectivity index (χ3v) is 5.78. The minimum atomic E-state index is -4.41. The Bertz CT molecular complexity index is 935. The highest BCUT2D eigenvalue weighted by atomic mass is 19.4. The van der Waals surface area contributed by atoms with Crippen LogP contribution in [0.25, 0.3) is 0 Å². The van der Waals surface area contributed by atoms with Crippen LogP contribution in [-0.4, -0.2) is 60.0 Å². The number of alkyl halides is 3. The molecule has 3 heterocycles. The molecule has 4 rings (SSSR count). The predicted molar refractivity (Wildman–Crippen MR) is 112 cm³/mol. The number of anilines is 2. The summed E-state index contributed by atoms with van der Waals surface area (Å²) in [5, 5.41) is 0. The van der Waals surface area contributed by atoms with Crippen LogP contribution in [-0.2, 0) is 17.4 Å². The summed E-state index contributed by atoms with van der Waals surface area (Å²) in [7, 11) is 0. The molecule has 6 nitrogen and oxygen atoms in total. The van der Waals surface area contributed by atoms with E-state index in [0.717, 1.165) is 36.7 Å². The number of hydrogen-bond donors (Lipinski definition) is 0. The normalized spacial score (nSPS) is 17.4. The second-order valence-corrected chi connectivity index (χ2v) is 8.10. The maximum absolute atomic E-state index is 12.9. The molecule has 166 valence electrons. The standard InChI is InChI=1S/C22H26F3N5O/c1-16-13-19(28-7-2-3-8-28)27-21(26-16)30-11-9-29(10-12-30)20(31)15-17-5-4-6-18(14-17)22(23,24)25/h4-6,13-14H,2-3,7-12,15H2,1H3. The van der Waals surface area contributed by atoms with E-state index in [1.807, 2.05) is 13.0 Å². The van der Waals surface area contributed by atoms with Crippen molar-refractivity contribution in [1.29, 1.82) is 0 Å². The molecule has 0 unspecified atom stereocenters. The number of benzene rings is 1. The summed E-state index contributed by atoms with van der Waals surface area (Å²) in [5.41, 5.74) is 0.558. The van der Waals surface area contributed by atoms with Gasteiger partial charge in [0.05, 0.1) is 12.0 Å². The fourth-order valence-corrected chi connectivity index (χ4v) is 4.09. The van der Waals surface area contributed by atoms with Crippen LogP contribution in [0.5, 0.6) is 0 Å². The molecule has 0 spiro atoms. The SMILES string of the molecule is Cc1cc(N2CCCC2)nc(N2CCN(C(=O)Cc3cccc(C(F)(F)F)c3)CC2)n1. The van der Waals surface area contributed by atoms with E-state index in [1.54, 1.807) is 11.0 Å². The minimum absolute atomic E-state index is 0.0377.